The number of carbonyl (C=O) groups excluding carboxylic acids is 1. The molecule has 0 aromatic heterocycles. The van der Waals surface area contributed by atoms with Gasteiger partial charge in [-0.15, -0.1) is 0 Å². The van der Waals surface area contributed by atoms with E-state index in [2.05, 4.69) is 10.6 Å². The second-order valence-corrected chi connectivity index (χ2v) is 4.41. The van der Waals surface area contributed by atoms with Gasteiger partial charge >= 0.3 is 6.09 Å². The number of benzene rings is 1. The summed E-state index contributed by atoms with van der Waals surface area (Å²) in [6.45, 7) is 2.59. The molecule has 0 spiro atoms. The number of rotatable bonds is 5. The van der Waals surface area contributed by atoms with Gasteiger partial charge in [0.1, 0.15) is 18.2 Å². The Morgan fingerprint density at radius 2 is 2.42 bits per heavy atom. The minimum absolute atomic E-state index is 0.0325. The molecule has 1 heterocycles. The lowest BCUT2D eigenvalue weighted by Crippen LogP contribution is -2.23. The summed E-state index contributed by atoms with van der Waals surface area (Å²) in [6.07, 6.45) is -0.744. The van der Waals surface area contributed by atoms with Crippen LogP contribution in [0.5, 0.6) is 5.75 Å². The van der Waals surface area contributed by atoms with Crippen molar-refractivity contribution in [2.24, 2.45) is 0 Å². The highest BCUT2D eigenvalue weighted by Crippen LogP contribution is 2.26. The van der Waals surface area contributed by atoms with E-state index in [0.717, 1.165) is 5.56 Å². The highest BCUT2D eigenvalue weighted by molar-refractivity contribution is 5.69. The standard InChI is InChI=1S/C13H17FN2O3/c1-8(15-2)11-5-9(14)3-4-12(11)18-7-10-6-16-13(17)19-10/h3-5,8,10,15H,6-7H2,1-2H3,(H,16,17). The molecule has 5 nitrogen and oxygen atoms in total. The quantitative estimate of drug-likeness (QED) is 0.851. The average molecular weight is 268 g/mol. The fourth-order valence-electron chi connectivity index (χ4n) is 1.85. The molecular formula is C13H17FN2O3. The van der Waals surface area contributed by atoms with Crippen LogP contribution in [0.1, 0.15) is 18.5 Å². The maximum Gasteiger partial charge on any atom is 0.407 e. The molecule has 2 unspecified atom stereocenters. The van der Waals surface area contributed by atoms with E-state index in [-0.39, 0.29) is 24.6 Å². The summed E-state index contributed by atoms with van der Waals surface area (Å²) in [5, 5.41) is 5.59. The van der Waals surface area contributed by atoms with E-state index in [9.17, 15) is 9.18 Å². The summed E-state index contributed by atoms with van der Waals surface area (Å²) < 4.78 is 23.9. The van der Waals surface area contributed by atoms with Crippen molar-refractivity contribution in [3.05, 3.63) is 29.6 Å². The number of amides is 1. The molecule has 1 amide bonds. The molecule has 1 saturated heterocycles. The topological polar surface area (TPSA) is 59.6 Å². The van der Waals surface area contributed by atoms with Crippen molar-refractivity contribution in [3.8, 4) is 5.75 Å². The maximum atomic E-state index is 13.3. The Morgan fingerprint density at radius 1 is 1.63 bits per heavy atom. The van der Waals surface area contributed by atoms with Crippen LogP contribution in [0.15, 0.2) is 18.2 Å². The first-order valence-electron chi connectivity index (χ1n) is 6.14. The minimum atomic E-state index is -0.434. The van der Waals surface area contributed by atoms with Crippen LogP contribution < -0.4 is 15.4 Å². The number of hydrogen-bond acceptors (Lipinski definition) is 4. The first kappa shape index (κ1) is 13.6. The van der Waals surface area contributed by atoms with Gasteiger partial charge in [0.05, 0.1) is 6.54 Å². The SMILES string of the molecule is CNC(C)c1cc(F)ccc1OCC1CNC(=O)O1. The molecule has 2 atom stereocenters. The third kappa shape index (κ3) is 3.35. The van der Waals surface area contributed by atoms with Gasteiger partial charge in [0.15, 0.2) is 6.10 Å². The van der Waals surface area contributed by atoms with Crippen LogP contribution in [-0.4, -0.2) is 32.4 Å². The molecule has 1 aromatic rings. The summed E-state index contributed by atoms with van der Waals surface area (Å²) in [7, 11) is 1.79. The van der Waals surface area contributed by atoms with Crippen LogP contribution in [0.2, 0.25) is 0 Å². The minimum Gasteiger partial charge on any atom is -0.489 e. The van der Waals surface area contributed by atoms with Crippen molar-refractivity contribution < 1.29 is 18.7 Å². The van der Waals surface area contributed by atoms with Gasteiger partial charge in [-0.1, -0.05) is 0 Å². The van der Waals surface area contributed by atoms with Gasteiger partial charge in [-0.3, -0.25) is 0 Å². The zero-order valence-corrected chi connectivity index (χ0v) is 10.9. The second-order valence-electron chi connectivity index (χ2n) is 4.41. The zero-order valence-electron chi connectivity index (χ0n) is 10.9. The molecule has 0 radical (unpaired) electrons. The normalized spacial score (nSPS) is 19.7. The number of alkyl carbamates (subject to hydrolysis) is 1. The number of cyclic esters (lactones) is 1. The van der Waals surface area contributed by atoms with Gasteiger partial charge in [-0.05, 0) is 32.2 Å². The molecule has 0 bridgehead atoms. The maximum absolute atomic E-state index is 13.3. The van der Waals surface area contributed by atoms with E-state index in [1.807, 2.05) is 6.92 Å². The molecule has 1 aliphatic heterocycles. The number of ether oxygens (including phenoxy) is 2. The first-order chi connectivity index (χ1) is 9.10. The second kappa shape index (κ2) is 5.88. The highest BCUT2D eigenvalue weighted by atomic mass is 19.1. The Hall–Kier alpha value is -1.82. The van der Waals surface area contributed by atoms with Gasteiger partial charge in [-0.2, -0.15) is 0 Å². The molecule has 6 heteroatoms. The molecule has 1 fully saturated rings. The first-order valence-corrected chi connectivity index (χ1v) is 6.14. The lowest BCUT2D eigenvalue weighted by atomic mass is 10.1. The van der Waals surface area contributed by atoms with E-state index < -0.39 is 6.09 Å². The third-order valence-electron chi connectivity index (χ3n) is 3.04. The average Bonchev–Trinajstić information content (AvgIpc) is 2.82. The monoisotopic (exact) mass is 268 g/mol. The van der Waals surface area contributed by atoms with Crippen LogP contribution in [0, 0.1) is 5.82 Å². The number of carbonyl (C=O) groups is 1. The lowest BCUT2D eigenvalue weighted by Gasteiger charge is -2.17. The summed E-state index contributed by atoms with van der Waals surface area (Å²) in [5.74, 6) is 0.282. The van der Waals surface area contributed by atoms with Crippen LogP contribution in [0.4, 0.5) is 9.18 Å². The third-order valence-corrected chi connectivity index (χ3v) is 3.04. The Morgan fingerprint density at radius 3 is 3.05 bits per heavy atom. The molecule has 1 aromatic carbocycles. The van der Waals surface area contributed by atoms with E-state index in [4.69, 9.17) is 9.47 Å². The molecule has 2 N–H and O–H groups in total. The Balaban J connectivity index is 2.04. The van der Waals surface area contributed by atoms with Crippen molar-refractivity contribution in [1.29, 1.82) is 0 Å². The van der Waals surface area contributed by atoms with E-state index >= 15 is 0 Å². The predicted octanol–water partition coefficient (Wildman–Crippen LogP) is 1.59. The predicted molar refractivity (Wildman–Crippen MR) is 67.6 cm³/mol. The van der Waals surface area contributed by atoms with Gasteiger partial charge in [-0.25, -0.2) is 9.18 Å². The summed E-state index contributed by atoms with van der Waals surface area (Å²) in [5.41, 5.74) is 0.736. The Kier molecular flexibility index (Phi) is 4.21. The fraction of sp³-hybridized carbons (Fsp3) is 0.462. The van der Waals surface area contributed by atoms with Gasteiger partial charge < -0.3 is 20.1 Å². The summed E-state index contributed by atoms with van der Waals surface area (Å²) in [4.78, 5) is 10.9. The van der Waals surface area contributed by atoms with Crippen molar-refractivity contribution in [3.63, 3.8) is 0 Å². The van der Waals surface area contributed by atoms with Gasteiger partial charge in [0, 0.05) is 11.6 Å². The van der Waals surface area contributed by atoms with E-state index in [1.165, 1.54) is 12.1 Å². The van der Waals surface area contributed by atoms with Crippen molar-refractivity contribution >= 4 is 6.09 Å². The fourth-order valence-corrected chi connectivity index (χ4v) is 1.85. The van der Waals surface area contributed by atoms with Crippen molar-refractivity contribution in [2.45, 2.75) is 19.1 Å². The van der Waals surface area contributed by atoms with Crippen LogP contribution in [0.3, 0.4) is 0 Å². The molecule has 104 valence electrons. The van der Waals surface area contributed by atoms with E-state index in [0.29, 0.717) is 12.3 Å². The zero-order chi connectivity index (χ0) is 13.8. The van der Waals surface area contributed by atoms with Crippen molar-refractivity contribution in [1.82, 2.24) is 10.6 Å². The summed E-state index contributed by atoms with van der Waals surface area (Å²) >= 11 is 0. The molecular weight excluding hydrogens is 251 g/mol. The highest BCUT2D eigenvalue weighted by Gasteiger charge is 2.23. The van der Waals surface area contributed by atoms with E-state index in [1.54, 1.807) is 13.1 Å². The van der Waals surface area contributed by atoms with Crippen LogP contribution in [-0.2, 0) is 4.74 Å². The molecule has 2 rings (SSSR count). The van der Waals surface area contributed by atoms with Gasteiger partial charge in [0.25, 0.3) is 0 Å². The Bertz CT molecular complexity index is 467. The molecule has 0 aliphatic carbocycles. The Labute approximate surface area is 111 Å². The largest absolute Gasteiger partial charge is 0.489 e. The number of hydrogen-bond donors (Lipinski definition) is 2. The summed E-state index contributed by atoms with van der Waals surface area (Å²) in [6, 6.07) is 4.34. The number of halogens is 1. The number of nitrogens with one attached hydrogen (secondary N) is 2. The molecule has 19 heavy (non-hydrogen) atoms. The van der Waals surface area contributed by atoms with Crippen molar-refractivity contribution in [2.75, 3.05) is 20.2 Å². The molecule has 1 aliphatic rings. The molecule has 0 saturated carbocycles. The van der Waals surface area contributed by atoms with Gasteiger partial charge in [0.2, 0.25) is 0 Å². The smallest absolute Gasteiger partial charge is 0.407 e. The van der Waals surface area contributed by atoms with Crippen LogP contribution >= 0.6 is 0 Å². The van der Waals surface area contributed by atoms with Crippen LogP contribution in [0.25, 0.3) is 0 Å². The lowest BCUT2D eigenvalue weighted by molar-refractivity contribution is 0.104.